The predicted octanol–water partition coefficient (Wildman–Crippen LogP) is 5.09. The number of para-hydroxylation sites is 1. The number of thioether (sulfide) groups is 1. The van der Waals surface area contributed by atoms with Gasteiger partial charge in [-0.05, 0) is 49.2 Å². The molecule has 2 amide bonds. The molecule has 0 aliphatic carbocycles. The molecule has 0 bridgehead atoms. The number of carbonyl (C=O) groups is 2. The van der Waals surface area contributed by atoms with E-state index in [1.807, 2.05) is 30.3 Å². The second-order valence-electron chi connectivity index (χ2n) is 6.92. The third-order valence-electron chi connectivity index (χ3n) is 4.99. The highest BCUT2D eigenvalue weighted by atomic mass is 35.5. The Labute approximate surface area is 174 Å². The summed E-state index contributed by atoms with van der Waals surface area (Å²) in [6.45, 7) is 1.61. The van der Waals surface area contributed by atoms with E-state index in [9.17, 15) is 9.59 Å². The normalized spacial score (nSPS) is 18.0. The van der Waals surface area contributed by atoms with Crippen molar-refractivity contribution < 1.29 is 9.59 Å². The zero-order chi connectivity index (χ0) is 19.5. The van der Waals surface area contributed by atoms with Gasteiger partial charge in [0.05, 0.1) is 5.69 Å². The Kier molecular flexibility index (Phi) is 5.74. The van der Waals surface area contributed by atoms with Crippen LogP contribution in [0.2, 0.25) is 5.02 Å². The molecule has 4 rings (SSSR count). The molecule has 0 saturated carbocycles. The minimum absolute atomic E-state index is 0.227. The number of amides is 2. The van der Waals surface area contributed by atoms with E-state index in [1.165, 1.54) is 16.7 Å². The van der Waals surface area contributed by atoms with Crippen molar-refractivity contribution in [3.05, 3.63) is 70.2 Å². The lowest BCUT2D eigenvalue weighted by Crippen LogP contribution is -2.35. The third kappa shape index (κ3) is 3.82. The van der Waals surface area contributed by atoms with Gasteiger partial charge in [-0.1, -0.05) is 54.4 Å². The molecule has 2 aromatic carbocycles. The molecule has 2 heterocycles. The van der Waals surface area contributed by atoms with Crippen LogP contribution in [0.15, 0.2) is 70.1 Å². The smallest absolute Gasteiger partial charge is 0.283 e. The first-order valence-corrected chi connectivity index (χ1v) is 10.7. The van der Waals surface area contributed by atoms with Gasteiger partial charge in [0.1, 0.15) is 10.6 Å². The van der Waals surface area contributed by atoms with E-state index in [4.69, 9.17) is 11.6 Å². The first-order valence-electron chi connectivity index (χ1n) is 9.51. The standard InChI is InChI=1S/C22H21ClN2O2S/c23-16-10-12-18(13-11-16)28-20-19(24-14-6-1-2-7-15-24)21(26)25(22(20)27)17-8-4-3-5-9-17/h3-5,8-13H,1-2,6-7,14-15H2. The Morgan fingerprint density at radius 3 is 2.07 bits per heavy atom. The molecule has 0 atom stereocenters. The van der Waals surface area contributed by atoms with E-state index in [0.717, 1.165) is 43.7 Å². The number of nitrogens with zero attached hydrogens (tertiary/aromatic N) is 2. The van der Waals surface area contributed by atoms with Crippen molar-refractivity contribution >= 4 is 40.9 Å². The quantitative estimate of drug-likeness (QED) is 0.655. The van der Waals surface area contributed by atoms with Crippen molar-refractivity contribution in [1.29, 1.82) is 0 Å². The topological polar surface area (TPSA) is 40.6 Å². The second-order valence-corrected chi connectivity index (χ2v) is 8.44. The Morgan fingerprint density at radius 2 is 1.43 bits per heavy atom. The van der Waals surface area contributed by atoms with E-state index in [2.05, 4.69) is 4.90 Å². The molecule has 2 aromatic rings. The Morgan fingerprint density at radius 1 is 0.786 bits per heavy atom. The predicted molar refractivity (Wildman–Crippen MR) is 113 cm³/mol. The average Bonchev–Trinajstić information content (AvgIpc) is 2.88. The van der Waals surface area contributed by atoms with Crippen molar-refractivity contribution in [3.8, 4) is 0 Å². The van der Waals surface area contributed by atoms with Gasteiger partial charge in [0.2, 0.25) is 0 Å². The van der Waals surface area contributed by atoms with Gasteiger partial charge in [-0.25, -0.2) is 4.90 Å². The van der Waals surface area contributed by atoms with Crippen LogP contribution in [0.3, 0.4) is 0 Å². The fourth-order valence-corrected chi connectivity index (χ4v) is 4.72. The monoisotopic (exact) mass is 412 g/mol. The molecule has 144 valence electrons. The number of imide groups is 1. The number of anilines is 1. The first-order chi connectivity index (χ1) is 13.6. The van der Waals surface area contributed by atoms with Crippen LogP contribution in [0.1, 0.15) is 25.7 Å². The second kappa shape index (κ2) is 8.41. The lowest BCUT2D eigenvalue weighted by molar-refractivity contribution is -0.121. The summed E-state index contributed by atoms with van der Waals surface area (Å²) in [6, 6.07) is 16.5. The molecule has 4 nitrogen and oxygen atoms in total. The number of hydrogen-bond acceptors (Lipinski definition) is 4. The minimum Gasteiger partial charge on any atom is -0.366 e. The number of likely N-dealkylation sites (tertiary alicyclic amines) is 1. The van der Waals surface area contributed by atoms with E-state index in [-0.39, 0.29) is 11.8 Å². The number of carbonyl (C=O) groups excluding carboxylic acids is 2. The van der Waals surface area contributed by atoms with E-state index in [1.54, 1.807) is 24.3 Å². The highest BCUT2D eigenvalue weighted by Gasteiger charge is 2.42. The molecule has 1 fully saturated rings. The largest absolute Gasteiger partial charge is 0.366 e. The molecule has 0 spiro atoms. The van der Waals surface area contributed by atoms with Crippen LogP contribution >= 0.6 is 23.4 Å². The summed E-state index contributed by atoms with van der Waals surface area (Å²) in [5.41, 5.74) is 1.15. The van der Waals surface area contributed by atoms with E-state index < -0.39 is 0 Å². The maximum absolute atomic E-state index is 13.4. The molecule has 0 N–H and O–H groups in total. The molecular formula is C22H21ClN2O2S. The fourth-order valence-electron chi connectivity index (χ4n) is 3.60. The van der Waals surface area contributed by atoms with Gasteiger partial charge in [-0.3, -0.25) is 9.59 Å². The molecule has 0 aromatic heterocycles. The van der Waals surface area contributed by atoms with Gasteiger partial charge < -0.3 is 4.90 Å². The molecule has 0 radical (unpaired) electrons. The molecule has 1 saturated heterocycles. The highest BCUT2D eigenvalue weighted by molar-refractivity contribution is 8.04. The van der Waals surface area contributed by atoms with Crippen molar-refractivity contribution in [1.82, 2.24) is 4.90 Å². The van der Waals surface area contributed by atoms with Gasteiger partial charge >= 0.3 is 0 Å². The van der Waals surface area contributed by atoms with Crippen molar-refractivity contribution in [3.63, 3.8) is 0 Å². The van der Waals surface area contributed by atoms with Crippen LogP contribution in [0, 0.1) is 0 Å². The minimum atomic E-state index is -0.254. The van der Waals surface area contributed by atoms with Crippen molar-refractivity contribution in [2.75, 3.05) is 18.0 Å². The van der Waals surface area contributed by atoms with Gasteiger partial charge in [-0.15, -0.1) is 0 Å². The van der Waals surface area contributed by atoms with Crippen LogP contribution in [0.5, 0.6) is 0 Å². The summed E-state index contributed by atoms with van der Waals surface area (Å²) in [5, 5.41) is 0.644. The molecule has 2 aliphatic rings. The summed E-state index contributed by atoms with van der Waals surface area (Å²) in [4.78, 5) is 31.5. The summed E-state index contributed by atoms with van der Waals surface area (Å²) in [6.07, 6.45) is 4.40. The lowest BCUT2D eigenvalue weighted by Gasteiger charge is -2.24. The average molecular weight is 413 g/mol. The summed E-state index contributed by atoms with van der Waals surface area (Å²) in [5.74, 6) is -0.482. The number of halogens is 1. The number of benzene rings is 2. The molecular weight excluding hydrogens is 392 g/mol. The molecule has 6 heteroatoms. The fraction of sp³-hybridized carbons (Fsp3) is 0.273. The molecule has 0 unspecified atom stereocenters. The third-order valence-corrected chi connectivity index (χ3v) is 6.32. The van der Waals surface area contributed by atoms with E-state index >= 15 is 0 Å². The highest BCUT2D eigenvalue weighted by Crippen LogP contribution is 2.39. The number of hydrogen-bond donors (Lipinski definition) is 0. The van der Waals surface area contributed by atoms with Crippen LogP contribution in [-0.2, 0) is 9.59 Å². The van der Waals surface area contributed by atoms with Crippen LogP contribution in [0.25, 0.3) is 0 Å². The first kappa shape index (κ1) is 19.1. The van der Waals surface area contributed by atoms with Gasteiger partial charge in [0.25, 0.3) is 11.8 Å². The zero-order valence-corrected chi connectivity index (χ0v) is 17.0. The van der Waals surface area contributed by atoms with E-state index in [0.29, 0.717) is 21.3 Å². The molecule has 2 aliphatic heterocycles. The Hall–Kier alpha value is -2.24. The van der Waals surface area contributed by atoms with Gasteiger partial charge in [0.15, 0.2) is 0 Å². The SMILES string of the molecule is O=C1C(Sc2ccc(Cl)cc2)=C(N2CCCCCC2)C(=O)N1c1ccccc1. The maximum atomic E-state index is 13.4. The number of rotatable bonds is 4. The van der Waals surface area contributed by atoms with Gasteiger partial charge in [-0.2, -0.15) is 0 Å². The van der Waals surface area contributed by atoms with Gasteiger partial charge in [0, 0.05) is 23.0 Å². The Bertz CT molecular complexity index is 904. The van der Waals surface area contributed by atoms with Crippen molar-refractivity contribution in [2.24, 2.45) is 0 Å². The summed E-state index contributed by atoms with van der Waals surface area (Å²) in [7, 11) is 0. The van der Waals surface area contributed by atoms with Crippen LogP contribution < -0.4 is 4.90 Å². The lowest BCUT2D eigenvalue weighted by atomic mass is 10.2. The van der Waals surface area contributed by atoms with Crippen LogP contribution in [0.4, 0.5) is 5.69 Å². The zero-order valence-electron chi connectivity index (χ0n) is 15.4. The Balaban J connectivity index is 1.73. The molecule has 28 heavy (non-hydrogen) atoms. The maximum Gasteiger partial charge on any atom is 0.283 e. The van der Waals surface area contributed by atoms with Crippen LogP contribution in [-0.4, -0.2) is 29.8 Å². The summed E-state index contributed by atoms with van der Waals surface area (Å²) < 4.78 is 0. The summed E-state index contributed by atoms with van der Waals surface area (Å²) >= 11 is 7.34. The van der Waals surface area contributed by atoms with Crippen molar-refractivity contribution in [2.45, 2.75) is 30.6 Å².